The maximum atomic E-state index is 12.1. The maximum Gasteiger partial charge on any atom is 0.257 e. The molecular weight excluding hydrogens is 304 g/mol. The molecule has 0 unspecified atom stereocenters. The van der Waals surface area contributed by atoms with E-state index >= 15 is 0 Å². The van der Waals surface area contributed by atoms with Gasteiger partial charge in [0.15, 0.2) is 0 Å². The molecule has 2 amide bonds. The summed E-state index contributed by atoms with van der Waals surface area (Å²) in [5.74, 6) is -0.533. The van der Waals surface area contributed by atoms with Crippen LogP contribution in [-0.2, 0) is 4.79 Å². The molecule has 7 heteroatoms. The van der Waals surface area contributed by atoms with Gasteiger partial charge in [0, 0.05) is 31.0 Å². The molecule has 1 aromatic heterocycles. The van der Waals surface area contributed by atoms with E-state index in [4.69, 9.17) is 17.3 Å². The van der Waals surface area contributed by atoms with Gasteiger partial charge in [-0.15, -0.1) is 0 Å². The number of benzene rings is 1. The summed E-state index contributed by atoms with van der Waals surface area (Å²) in [5, 5.41) is 5.74. The summed E-state index contributed by atoms with van der Waals surface area (Å²) in [4.78, 5) is 27.5. The number of nitrogens with one attached hydrogen (secondary N) is 2. The van der Waals surface area contributed by atoms with Crippen molar-refractivity contribution < 1.29 is 9.59 Å². The molecule has 22 heavy (non-hydrogen) atoms. The summed E-state index contributed by atoms with van der Waals surface area (Å²) in [6.07, 6.45) is 3.26. The van der Waals surface area contributed by atoms with Gasteiger partial charge in [-0.25, -0.2) is 0 Å². The minimum absolute atomic E-state index is 0.200. The fourth-order valence-corrected chi connectivity index (χ4v) is 1.91. The molecule has 1 aromatic carbocycles. The van der Waals surface area contributed by atoms with Gasteiger partial charge in [0.2, 0.25) is 5.91 Å². The fraction of sp³-hybridized carbons (Fsp3) is 0.133. The van der Waals surface area contributed by atoms with Gasteiger partial charge in [0.1, 0.15) is 0 Å². The number of rotatable bonds is 5. The monoisotopic (exact) mass is 318 g/mol. The van der Waals surface area contributed by atoms with Gasteiger partial charge >= 0.3 is 0 Å². The van der Waals surface area contributed by atoms with E-state index < -0.39 is 0 Å². The van der Waals surface area contributed by atoms with Crippen molar-refractivity contribution >= 4 is 34.8 Å². The first-order valence-corrected chi connectivity index (χ1v) is 6.99. The van der Waals surface area contributed by atoms with Crippen molar-refractivity contribution in [1.82, 2.24) is 4.98 Å². The minimum atomic E-state index is -0.333. The number of anilines is 2. The fourth-order valence-electron chi connectivity index (χ4n) is 1.74. The van der Waals surface area contributed by atoms with Gasteiger partial charge in [-0.1, -0.05) is 11.6 Å². The first-order chi connectivity index (χ1) is 10.6. The Morgan fingerprint density at radius 1 is 1.23 bits per heavy atom. The molecule has 0 bridgehead atoms. The summed E-state index contributed by atoms with van der Waals surface area (Å²) in [5.41, 5.74) is 6.67. The third kappa shape index (κ3) is 4.28. The smallest absolute Gasteiger partial charge is 0.257 e. The number of pyridine rings is 1. The summed E-state index contributed by atoms with van der Waals surface area (Å²) in [6, 6.07) is 8.14. The molecule has 0 fully saturated rings. The molecular formula is C15H15ClN4O2. The van der Waals surface area contributed by atoms with Crippen LogP contribution in [0.15, 0.2) is 42.7 Å². The van der Waals surface area contributed by atoms with E-state index in [2.05, 4.69) is 15.6 Å². The van der Waals surface area contributed by atoms with Crippen molar-refractivity contribution in [2.24, 2.45) is 5.73 Å². The third-order valence-electron chi connectivity index (χ3n) is 2.79. The zero-order valence-corrected chi connectivity index (χ0v) is 12.4. The number of halogens is 1. The van der Waals surface area contributed by atoms with Gasteiger partial charge in [-0.05, 0) is 30.3 Å². The molecule has 0 atom stereocenters. The van der Waals surface area contributed by atoms with Gasteiger partial charge in [-0.2, -0.15) is 0 Å². The number of nitrogens with zero attached hydrogens (tertiary/aromatic N) is 1. The number of carbonyl (C=O) groups excluding carboxylic acids is 2. The van der Waals surface area contributed by atoms with Crippen LogP contribution in [-0.4, -0.2) is 23.3 Å². The molecule has 4 N–H and O–H groups in total. The van der Waals surface area contributed by atoms with Crippen molar-refractivity contribution in [1.29, 1.82) is 0 Å². The lowest BCUT2D eigenvalue weighted by Crippen LogP contribution is -2.17. The van der Waals surface area contributed by atoms with Crippen molar-refractivity contribution in [2.75, 3.05) is 17.2 Å². The highest BCUT2D eigenvalue weighted by atomic mass is 35.5. The Hall–Kier alpha value is -2.44. The van der Waals surface area contributed by atoms with E-state index in [-0.39, 0.29) is 24.8 Å². The number of nitrogens with two attached hydrogens (primary N) is 1. The van der Waals surface area contributed by atoms with E-state index in [0.29, 0.717) is 22.0 Å². The zero-order valence-electron chi connectivity index (χ0n) is 11.7. The molecule has 0 saturated heterocycles. The van der Waals surface area contributed by atoms with Crippen molar-refractivity contribution in [2.45, 2.75) is 6.42 Å². The first kappa shape index (κ1) is 15.9. The van der Waals surface area contributed by atoms with Crippen molar-refractivity contribution in [3.63, 3.8) is 0 Å². The third-order valence-corrected chi connectivity index (χ3v) is 3.12. The molecule has 1 heterocycles. The largest absolute Gasteiger partial charge is 0.330 e. The van der Waals surface area contributed by atoms with E-state index in [1.54, 1.807) is 36.5 Å². The molecule has 114 valence electrons. The second-order valence-electron chi connectivity index (χ2n) is 4.48. The highest BCUT2D eigenvalue weighted by Crippen LogP contribution is 2.26. The first-order valence-electron chi connectivity index (χ1n) is 6.61. The Morgan fingerprint density at radius 3 is 2.73 bits per heavy atom. The molecule has 0 spiro atoms. The molecule has 6 nitrogen and oxygen atoms in total. The lowest BCUT2D eigenvalue weighted by atomic mass is 10.2. The number of carbonyl (C=O) groups is 2. The number of aromatic nitrogens is 1. The quantitative estimate of drug-likeness (QED) is 0.787. The summed E-state index contributed by atoms with van der Waals surface area (Å²) < 4.78 is 0. The van der Waals surface area contributed by atoms with Gasteiger partial charge in [-0.3, -0.25) is 14.6 Å². The molecule has 0 aliphatic carbocycles. The second-order valence-corrected chi connectivity index (χ2v) is 4.88. The van der Waals surface area contributed by atoms with Gasteiger partial charge < -0.3 is 16.4 Å². The van der Waals surface area contributed by atoms with E-state index in [9.17, 15) is 9.59 Å². The molecule has 0 aliphatic heterocycles. The number of hydrogen-bond acceptors (Lipinski definition) is 4. The second kappa shape index (κ2) is 7.53. The van der Waals surface area contributed by atoms with Crippen LogP contribution >= 0.6 is 11.6 Å². The molecule has 0 radical (unpaired) electrons. The van der Waals surface area contributed by atoms with Crippen molar-refractivity contribution in [3.05, 3.63) is 53.3 Å². The van der Waals surface area contributed by atoms with Crippen molar-refractivity contribution in [3.8, 4) is 0 Å². The Labute approximate surface area is 132 Å². The molecule has 0 saturated carbocycles. The average Bonchev–Trinajstić information content (AvgIpc) is 2.51. The predicted molar refractivity (Wildman–Crippen MR) is 85.9 cm³/mol. The lowest BCUT2D eigenvalue weighted by molar-refractivity contribution is -0.116. The maximum absolute atomic E-state index is 12.1. The highest BCUT2D eigenvalue weighted by Gasteiger charge is 2.10. The van der Waals surface area contributed by atoms with Gasteiger partial charge in [0.05, 0.1) is 16.3 Å². The van der Waals surface area contributed by atoms with Crippen LogP contribution in [0.2, 0.25) is 5.02 Å². The average molecular weight is 319 g/mol. The number of hydrogen-bond donors (Lipinski definition) is 3. The Bertz CT molecular complexity index is 676. The normalized spacial score (nSPS) is 10.1. The standard InChI is InChI=1S/C15H15ClN4O2/c16-12-4-3-11(19-14(21)5-6-17)8-13(12)20-15(22)10-2-1-7-18-9-10/h1-4,7-9H,5-6,17H2,(H,19,21)(H,20,22). The summed E-state index contributed by atoms with van der Waals surface area (Å²) in [6.45, 7) is 0.268. The Balaban J connectivity index is 2.13. The molecule has 2 aromatic rings. The lowest BCUT2D eigenvalue weighted by Gasteiger charge is -2.10. The highest BCUT2D eigenvalue weighted by molar-refractivity contribution is 6.34. The molecule has 2 rings (SSSR count). The van der Waals surface area contributed by atoms with E-state index in [1.165, 1.54) is 6.20 Å². The van der Waals surface area contributed by atoms with Crippen LogP contribution in [0.3, 0.4) is 0 Å². The van der Waals surface area contributed by atoms with Crippen LogP contribution in [0, 0.1) is 0 Å². The van der Waals surface area contributed by atoms with Crippen LogP contribution in [0.1, 0.15) is 16.8 Å². The SMILES string of the molecule is NCCC(=O)Nc1ccc(Cl)c(NC(=O)c2cccnc2)c1. The summed E-state index contributed by atoms with van der Waals surface area (Å²) >= 11 is 6.06. The van der Waals surface area contributed by atoms with Crippen LogP contribution in [0.4, 0.5) is 11.4 Å². The van der Waals surface area contributed by atoms with Crippen LogP contribution < -0.4 is 16.4 Å². The van der Waals surface area contributed by atoms with Gasteiger partial charge in [0.25, 0.3) is 5.91 Å². The van der Waals surface area contributed by atoms with Crippen LogP contribution in [0.25, 0.3) is 0 Å². The summed E-state index contributed by atoms with van der Waals surface area (Å²) in [7, 11) is 0. The number of amides is 2. The Morgan fingerprint density at radius 2 is 2.05 bits per heavy atom. The van der Waals surface area contributed by atoms with E-state index in [1.807, 2.05) is 0 Å². The molecule has 0 aliphatic rings. The zero-order chi connectivity index (χ0) is 15.9. The minimum Gasteiger partial charge on any atom is -0.330 e. The topological polar surface area (TPSA) is 97.1 Å². The Kier molecular flexibility index (Phi) is 5.46. The van der Waals surface area contributed by atoms with Crippen LogP contribution in [0.5, 0.6) is 0 Å². The predicted octanol–water partition coefficient (Wildman–Crippen LogP) is 2.27. The van der Waals surface area contributed by atoms with E-state index in [0.717, 1.165) is 0 Å².